The molecule has 0 aliphatic rings. The van der Waals surface area contributed by atoms with Gasteiger partial charge in [0.15, 0.2) is 11.6 Å². The summed E-state index contributed by atoms with van der Waals surface area (Å²) in [6, 6.07) is 6.91. The van der Waals surface area contributed by atoms with E-state index in [9.17, 15) is 4.39 Å². The van der Waals surface area contributed by atoms with Crippen LogP contribution in [0.25, 0.3) is 0 Å². The second-order valence-electron chi connectivity index (χ2n) is 3.55. The number of nitrogens with one attached hydrogen (secondary N) is 1. The molecule has 0 radical (unpaired) electrons. The number of halogens is 3. The van der Waals surface area contributed by atoms with E-state index in [0.29, 0.717) is 0 Å². The van der Waals surface area contributed by atoms with Crippen LogP contribution in [0.4, 0.5) is 15.9 Å². The monoisotopic (exact) mass is 314 g/mol. The highest BCUT2D eigenvalue weighted by Gasteiger charge is 2.07. The molecule has 2 rings (SSSR count). The average molecular weight is 316 g/mol. The Morgan fingerprint density at radius 1 is 1.41 bits per heavy atom. The van der Waals surface area contributed by atoms with Gasteiger partial charge < -0.3 is 5.32 Å². The Labute approximate surface area is 112 Å². The van der Waals surface area contributed by atoms with Crippen molar-refractivity contribution in [3.8, 4) is 0 Å². The van der Waals surface area contributed by atoms with E-state index in [-0.39, 0.29) is 10.8 Å². The first kappa shape index (κ1) is 12.3. The Morgan fingerprint density at radius 2 is 2.18 bits per heavy atom. The minimum Gasteiger partial charge on any atom is -0.337 e. The van der Waals surface area contributed by atoms with Crippen molar-refractivity contribution in [2.24, 2.45) is 0 Å². The lowest BCUT2D eigenvalue weighted by atomic mass is 10.2. The molecule has 2 nitrogen and oxygen atoms in total. The molecule has 0 saturated heterocycles. The topological polar surface area (TPSA) is 24.9 Å². The Morgan fingerprint density at radius 3 is 2.88 bits per heavy atom. The summed E-state index contributed by atoms with van der Waals surface area (Å²) in [4.78, 5) is 3.90. The number of benzene rings is 1. The lowest BCUT2D eigenvalue weighted by molar-refractivity contribution is 0.626. The largest absolute Gasteiger partial charge is 0.337 e. The van der Waals surface area contributed by atoms with Gasteiger partial charge in [-0.1, -0.05) is 23.7 Å². The molecular weight excluding hydrogens is 307 g/mol. The third-order valence-electron chi connectivity index (χ3n) is 2.25. The summed E-state index contributed by atoms with van der Waals surface area (Å²) in [6.45, 7) is 1.96. The number of rotatable bonds is 2. The molecule has 1 N–H and O–H groups in total. The SMILES string of the molecule is Cc1cccc(Nc2ncc(Cl)cc2F)c1Br. The van der Waals surface area contributed by atoms with Gasteiger partial charge in [-0.15, -0.1) is 0 Å². The fourth-order valence-corrected chi connectivity index (χ4v) is 1.89. The average Bonchev–Trinajstić information content (AvgIpc) is 2.28. The fourth-order valence-electron chi connectivity index (χ4n) is 1.38. The molecule has 0 spiro atoms. The summed E-state index contributed by atoms with van der Waals surface area (Å²) in [5.74, 6) is -0.327. The van der Waals surface area contributed by atoms with Crippen LogP contribution in [-0.4, -0.2) is 4.98 Å². The third kappa shape index (κ3) is 2.76. The van der Waals surface area contributed by atoms with Gasteiger partial charge in [0.1, 0.15) is 0 Å². The van der Waals surface area contributed by atoms with Gasteiger partial charge in [0.2, 0.25) is 0 Å². The van der Waals surface area contributed by atoms with Crippen molar-refractivity contribution in [2.75, 3.05) is 5.32 Å². The second-order valence-corrected chi connectivity index (χ2v) is 4.77. The van der Waals surface area contributed by atoms with Gasteiger partial charge in [-0.05, 0) is 40.5 Å². The van der Waals surface area contributed by atoms with E-state index in [1.807, 2.05) is 25.1 Å². The quantitative estimate of drug-likeness (QED) is 0.869. The minimum atomic E-state index is -0.481. The summed E-state index contributed by atoms with van der Waals surface area (Å²) in [5.41, 5.74) is 1.82. The maximum absolute atomic E-state index is 13.5. The number of nitrogens with zero attached hydrogens (tertiary/aromatic N) is 1. The van der Waals surface area contributed by atoms with Crippen LogP contribution in [0, 0.1) is 12.7 Å². The van der Waals surface area contributed by atoms with E-state index in [1.54, 1.807) is 0 Å². The molecule has 1 heterocycles. The van der Waals surface area contributed by atoms with Crippen molar-refractivity contribution in [3.05, 3.63) is 51.3 Å². The Hall–Kier alpha value is -1.13. The molecule has 0 aliphatic heterocycles. The molecule has 0 amide bonds. The maximum atomic E-state index is 13.5. The van der Waals surface area contributed by atoms with E-state index in [4.69, 9.17) is 11.6 Å². The van der Waals surface area contributed by atoms with Gasteiger partial charge in [0, 0.05) is 10.7 Å². The van der Waals surface area contributed by atoms with Crippen LogP contribution in [0.3, 0.4) is 0 Å². The molecule has 0 fully saturated rings. The van der Waals surface area contributed by atoms with Gasteiger partial charge in [-0.2, -0.15) is 0 Å². The van der Waals surface area contributed by atoms with Crippen molar-refractivity contribution in [1.82, 2.24) is 4.98 Å². The molecule has 17 heavy (non-hydrogen) atoms. The Bertz CT molecular complexity index is 560. The van der Waals surface area contributed by atoms with Gasteiger partial charge in [-0.25, -0.2) is 9.37 Å². The predicted molar refractivity (Wildman–Crippen MR) is 71.4 cm³/mol. The van der Waals surface area contributed by atoms with Crippen LogP contribution in [0.1, 0.15) is 5.56 Å². The van der Waals surface area contributed by atoms with Gasteiger partial charge in [0.05, 0.1) is 10.7 Å². The molecule has 0 saturated carbocycles. The summed E-state index contributed by atoms with van der Waals surface area (Å²) in [7, 11) is 0. The molecule has 0 aliphatic carbocycles. The fraction of sp³-hybridized carbons (Fsp3) is 0.0833. The zero-order chi connectivity index (χ0) is 12.4. The van der Waals surface area contributed by atoms with Gasteiger partial charge in [-0.3, -0.25) is 0 Å². The van der Waals surface area contributed by atoms with Crippen LogP contribution in [-0.2, 0) is 0 Å². The first-order chi connectivity index (χ1) is 8.08. The Kier molecular flexibility index (Phi) is 3.64. The van der Waals surface area contributed by atoms with Crippen molar-refractivity contribution in [1.29, 1.82) is 0 Å². The van der Waals surface area contributed by atoms with Crippen LogP contribution < -0.4 is 5.32 Å². The van der Waals surface area contributed by atoms with Crippen molar-refractivity contribution < 1.29 is 4.39 Å². The van der Waals surface area contributed by atoms with Gasteiger partial charge in [0.25, 0.3) is 0 Å². The standard InChI is InChI=1S/C12H9BrClFN2/c1-7-3-2-4-10(11(7)13)17-12-9(15)5-8(14)6-16-12/h2-6H,1H3,(H,16,17). The zero-order valence-electron chi connectivity index (χ0n) is 8.97. The van der Waals surface area contributed by atoms with Gasteiger partial charge >= 0.3 is 0 Å². The number of aromatic nitrogens is 1. The van der Waals surface area contributed by atoms with Crippen molar-refractivity contribution in [3.63, 3.8) is 0 Å². The second kappa shape index (κ2) is 5.02. The van der Waals surface area contributed by atoms with E-state index in [2.05, 4.69) is 26.2 Å². The highest BCUT2D eigenvalue weighted by molar-refractivity contribution is 9.10. The zero-order valence-corrected chi connectivity index (χ0v) is 11.3. The predicted octanol–water partition coefficient (Wildman–Crippen LogP) is 4.69. The van der Waals surface area contributed by atoms with Crippen molar-refractivity contribution in [2.45, 2.75) is 6.92 Å². The van der Waals surface area contributed by atoms with E-state index in [1.165, 1.54) is 12.3 Å². The number of hydrogen-bond donors (Lipinski definition) is 1. The molecule has 0 bridgehead atoms. The lowest BCUT2D eigenvalue weighted by Crippen LogP contribution is -1.98. The van der Waals surface area contributed by atoms with Crippen LogP contribution >= 0.6 is 27.5 Å². The summed E-state index contributed by atoms with van der Waals surface area (Å²) >= 11 is 9.07. The normalized spacial score (nSPS) is 10.4. The van der Waals surface area contributed by atoms with Crippen LogP contribution in [0.15, 0.2) is 34.9 Å². The molecule has 5 heteroatoms. The molecule has 1 aromatic carbocycles. The summed E-state index contributed by atoms with van der Waals surface area (Å²) in [6.07, 6.45) is 1.40. The molecule has 2 aromatic rings. The van der Waals surface area contributed by atoms with Crippen molar-refractivity contribution >= 4 is 39.0 Å². The highest BCUT2D eigenvalue weighted by atomic mass is 79.9. The Balaban J connectivity index is 2.35. The summed E-state index contributed by atoms with van der Waals surface area (Å²) in [5, 5.41) is 3.19. The molecule has 88 valence electrons. The van der Waals surface area contributed by atoms with E-state index < -0.39 is 5.82 Å². The first-order valence-electron chi connectivity index (χ1n) is 4.91. The van der Waals surface area contributed by atoms with E-state index in [0.717, 1.165) is 15.7 Å². The number of aryl methyl sites for hydroxylation is 1. The highest BCUT2D eigenvalue weighted by Crippen LogP contribution is 2.29. The maximum Gasteiger partial charge on any atom is 0.167 e. The number of pyridine rings is 1. The first-order valence-corrected chi connectivity index (χ1v) is 6.08. The molecular formula is C12H9BrClFN2. The number of hydrogen-bond acceptors (Lipinski definition) is 2. The molecule has 0 unspecified atom stereocenters. The van der Waals surface area contributed by atoms with E-state index >= 15 is 0 Å². The minimum absolute atomic E-state index is 0.153. The third-order valence-corrected chi connectivity index (χ3v) is 3.51. The number of anilines is 2. The molecule has 1 aromatic heterocycles. The lowest BCUT2D eigenvalue weighted by Gasteiger charge is -2.10. The summed E-state index contributed by atoms with van der Waals surface area (Å²) < 4.78 is 14.4. The molecule has 0 atom stereocenters. The van der Waals surface area contributed by atoms with Crippen LogP contribution in [0.2, 0.25) is 5.02 Å². The smallest absolute Gasteiger partial charge is 0.167 e. The van der Waals surface area contributed by atoms with Crippen LogP contribution in [0.5, 0.6) is 0 Å².